The number of fused-ring (bicyclic) bond motifs is 1. The number of carbonyl (C=O) groups is 2. The zero-order valence-electron chi connectivity index (χ0n) is 13.0. The third kappa shape index (κ3) is 2.97. The number of ether oxygens (including phenoxy) is 1. The number of anilines is 1. The summed E-state index contributed by atoms with van der Waals surface area (Å²) in [6.45, 7) is 0. The molecule has 0 aliphatic rings. The Morgan fingerprint density at radius 2 is 1.92 bits per heavy atom. The van der Waals surface area contributed by atoms with Crippen molar-refractivity contribution in [2.75, 3.05) is 12.4 Å². The first-order valence-electron chi connectivity index (χ1n) is 7.14. The van der Waals surface area contributed by atoms with E-state index >= 15 is 0 Å². The van der Waals surface area contributed by atoms with Crippen LogP contribution in [0, 0.1) is 5.82 Å². The SMILES string of the molecule is COc1c(NC(=O)c2cnnc3ccccc23)ccc(C(=O)O)c1F. The molecule has 0 radical (unpaired) electrons. The summed E-state index contributed by atoms with van der Waals surface area (Å²) in [4.78, 5) is 23.5. The van der Waals surface area contributed by atoms with Crippen molar-refractivity contribution >= 4 is 28.5 Å². The number of nitrogens with one attached hydrogen (secondary N) is 1. The Kier molecular flexibility index (Phi) is 4.25. The lowest BCUT2D eigenvalue weighted by Gasteiger charge is -2.13. The first kappa shape index (κ1) is 16.3. The molecule has 126 valence electrons. The molecular formula is C17H12FN3O4. The van der Waals surface area contributed by atoms with Crippen molar-refractivity contribution in [2.45, 2.75) is 0 Å². The average molecular weight is 341 g/mol. The van der Waals surface area contributed by atoms with Gasteiger partial charge in [0, 0.05) is 5.39 Å². The van der Waals surface area contributed by atoms with E-state index in [-0.39, 0.29) is 17.0 Å². The number of rotatable bonds is 4. The molecule has 0 unspecified atom stereocenters. The first-order chi connectivity index (χ1) is 12.0. The number of carboxylic acid groups (broad SMARTS) is 1. The van der Waals surface area contributed by atoms with E-state index in [0.29, 0.717) is 10.9 Å². The van der Waals surface area contributed by atoms with Gasteiger partial charge in [-0.25, -0.2) is 9.18 Å². The van der Waals surface area contributed by atoms with Crippen LogP contribution in [0.1, 0.15) is 20.7 Å². The van der Waals surface area contributed by atoms with Gasteiger partial charge in [-0.15, -0.1) is 0 Å². The number of hydrogen-bond donors (Lipinski definition) is 2. The van der Waals surface area contributed by atoms with Crippen LogP contribution in [0.3, 0.4) is 0 Å². The molecule has 0 aliphatic heterocycles. The second-order valence-corrected chi connectivity index (χ2v) is 5.04. The normalized spacial score (nSPS) is 10.5. The molecule has 3 rings (SSSR count). The van der Waals surface area contributed by atoms with Gasteiger partial charge in [-0.05, 0) is 18.2 Å². The second-order valence-electron chi connectivity index (χ2n) is 5.04. The Hall–Kier alpha value is -3.55. The van der Waals surface area contributed by atoms with Gasteiger partial charge in [-0.3, -0.25) is 4.79 Å². The summed E-state index contributed by atoms with van der Waals surface area (Å²) in [5, 5.41) is 19.8. The predicted octanol–water partition coefficient (Wildman–Crippen LogP) is 2.73. The fourth-order valence-electron chi connectivity index (χ4n) is 2.40. The minimum absolute atomic E-state index is 0.0101. The van der Waals surface area contributed by atoms with Gasteiger partial charge < -0.3 is 15.2 Å². The largest absolute Gasteiger partial charge is 0.492 e. The second kappa shape index (κ2) is 6.52. The van der Waals surface area contributed by atoms with Crippen LogP contribution in [0.4, 0.5) is 10.1 Å². The van der Waals surface area contributed by atoms with Crippen LogP contribution in [0.25, 0.3) is 10.9 Å². The van der Waals surface area contributed by atoms with Crippen LogP contribution in [0.5, 0.6) is 5.75 Å². The highest BCUT2D eigenvalue weighted by Crippen LogP contribution is 2.31. The molecule has 3 aromatic rings. The predicted molar refractivity (Wildman–Crippen MR) is 87.4 cm³/mol. The summed E-state index contributed by atoms with van der Waals surface area (Å²) in [5.74, 6) is -3.41. The van der Waals surface area contributed by atoms with Crippen molar-refractivity contribution in [3.8, 4) is 5.75 Å². The van der Waals surface area contributed by atoms with Gasteiger partial charge in [-0.1, -0.05) is 18.2 Å². The highest BCUT2D eigenvalue weighted by molar-refractivity contribution is 6.12. The summed E-state index contributed by atoms with van der Waals surface area (Å²) in [5.41, 5.74) is 0.242. The van der Waals surface area contributed by atoms with Gasteiger partial charge in [0.2, 0.25) is 0 Å². The zero-order valence-corrected chi connectivity index (χ0v) is 13.0. The highest BCUT2D eigenvalue weighted by Gasteiger charge is 2.21. The number of aromatic carboxylic acids is 1. The summed E-state index contributed by atoms with van der Waals surface area (Å²) in [7, 11) is 1.18. The number of benzene rings is 2. The third-order valence-corrected chi connectivity index (χ3v) is 3.57. The molecule has 0 bridgehead atoms. The summed E-state index contributed by atoms with van der Waals surface area (Å²) in [6, 6.07) is 9.26. The number of carboxylic acids is 1. The fourth-order valence-corrected chi connectivity index (χ4v) is 2.40. The van der Waals surface area contributed by atoms with Crippen molar-refractivity contribution in [3.05, 3.63) is 59.5 Å². The van der Waals surface area contributed by atoms with Gasteiger partial charge in [0.05, 0.1) is 35.6 Å². The maximum Gasteiger partial charge on any atom is 0.338 e. The van der Waals surface area contributed by atoms with Crippen molar-refractivity contribution in [1.29, 1.82) is 0 Å². The fraction of sp³-hybridized carbons (Fsp3) is 0.0588. The number of carbonyl (C=O) groups excluding carboxylic acids is 1. The molecule has 8 heteroatoms. The molecule has 2 N–H and O–H groups in total. The van der Waals surface area contributed by atoms with Crippen LogP contribution in [0.2, 0.25) is 0 Å². The van der Waals surface area contributed by atoms with E-state index in [1.807, 2.05) is 0 Å². The first-order valence-corrected chi connectivity index (χ1v) is 7.14. The lowest BCUT2D eigenvalue weighted by molar-refractivity contribution is 0.0691. The van der Waals surface area contributed by atoms with Gasteiger partial charge in [0.15, 0.2) is 11.6 Å². The van der Waals surface area contributed by atoms with E-state index in [1.165, 1.54) is 19.4 Å². The molecule has 2 aromatic carbocycles. The van der Waals surface area contributed by atoms with E-state index in [2.05, 4.69) is 15.5 Å². The van der Waals surface area contributed by atoms with Gasteiger partial charge in [0.25, 0.3) is 5.91 Å². The maximum atomic E-state index is 14.2. The molecule has 0 saturated heterocycles. The lowest BCUT2D eigenvalue weighted by Crippen LogP contribution is -2.15. The molecule has 25 heavy (non-hydrogen) atoms. The van der Waals surface area contributed by atoms with Crippen LogP contribution in [-0.4, -0.2) is 34.3 Å². The topological polar surface area (TPSA) is 101 Å². The smallest absolute Gasteiger partial charge is 0.338 e. The maximum absolute atomic E-state index is 14.2. The van der Waals surface area contributed by atoms with E-state index in [9.17, 15) is 14.0 Å². The Labute approximate surface area is 141 Å². The van der Waals surface area contributed by atoms with E-state index in [1.54, 1.807) is 24.3 Å². The minimum atomic E-state index is -1.43. The standard InChI is InChI=1S/C17H12FN3O4/c1-25-15-13(7-6-10(14(15)18)17(23)24)20-16(22)11-8-19-21-12-5-3-2-4-9(11)12/h2-8H,1H3,(H,20,22)(H,23,24). The molecule has 0 spiro atoms. The average Bonchev–Trinajstić information content (AvgIpc) is 2.61. The summed E-state index contributed by atoms with van der Waals surface area (Å²) < 4.78 is 19.1. The van der Waals surface area contributed by atoms with Crippen LogP contribution >= 0.6 is 0 Å². The number of halogens is 1. The van der Waals surface area contributed by atoms with Crippen LogP contribution in [-0.2, 0) is 0 Å². The van der Waals surface area contributed by atoms with Crippen molar-refractivity contribution in [1.82, 2.24) is 10.2 Å². The van der Waals surface area contributed by atoms with E-state index in [4.69, 9.17) is 9.84 Å². The summed E-state index contributed by atoms with van der Waals surface area (Å²) >= 11 is 0. The molecule has 0 aliphatic carbocycles. The third-order valence-electron chi connectivity index (χ3n) is 3.57. The quantitative estimate of drug-likeness (QED) is 0.756. The number of amides is 1. The Morgan fingerprint density at radius 1 is 1.16 bits per heavy atom. The van der Waals surface area contributed by atoms with Gasteiger partial charge in [-0.2, -0.15) is 10.2 Å². The van der Waals surface area contributed by atoms with E-state index < -0.39 is 23.3 Å². The number of methoxy groups -OCH3 is 1. The molecule has 1 aromatic heterocycles. The van der Waals surface area contributed by atoms with E-state index in [0.717, 1.165) is 6.07 Å². The van der Waals surface area contributed by atoms with Crippen molar-refractivity contribution in [3.63, 3.8) is 0 Å². The number of hydrogen-bond acceptors (Lipinski definition) is 5. The number of nitrogens with zero attached hydrogens (tertiary/aromatic N) is 2. The van der Waals surface area contributed by atoms with Crippen LogP contribution in [0.15, 0.2) is 42.6 Å². The Morgan fingerprint density at radius 3 is 2.64 bits per heavy atom. The molecule has 1 heterocycles. The van der Waals surface area contributed by atoms with Gasteiger partial charge >= 0.3 is 5.97 Å². The molecule has 0 saturated carbocycles. The van der Waals surface area contributed by atoms with Crippen molar-refractivity contribution < 1.29 is 23.8 Å². The Balaban J connectivity index is 2.01. The van der Waals surface area contributed by atoms with Crippen molar-refractivity contribution in [2.24, 2.45) is 0 Å². The molecule has 7 nitrogen and oxygen atoms in total. The highest BCUT2D eigenvalue weighted by atomic mass is 19.1. The summed E-state index contributed by atoms with van der Waals surface area (Å²) in [6.07, 6.45) is 1.30. The molecular weight excluding hydrogens is 329 g/mol. The molecule has 1 amide bonds. The van der Waals surface area contributed by atoms with Gasteiger partial charge in [0.1, 0.15) is 0 Å². The molecule has 0 atom stereocenters. The Bertz CT molecular complexity index is 986. The lowest BCUT2D eigenvalue weighted by atomic mass is 10.1. The molecule has 0 fully saturated rings. The monoisotopic (exact) mass is 341 g/mol. The zero-order chi connectivity index (χ0) is 18.0. The minimum Gasteiger partial charge on any atom is -0.492 e. The van der Waals surface area contributed by atoms with Crippen LogP contribution < -0.4 is 10.1 Å². The number of aromatic nitrogens is 2.